The average molecular weight is 279 g/mol. The Kier molecular flexibility index (Phi) is 3.65. The van der Waals surface area contributed by atoms with Gasteiger partial charge in [-0.05, 0) is 17.7 Å². The van der Waals surface area contributed by atoms with E-state index in [2.05, 4.69) is 9.88 Å². The van der Waals surface area contributed by atoms with Gasteiger partial charge in [0.2, 0.25) is 0 Å². The van der Waals surface area contributed by atoms with Gasteiger partial charge in [-0.1, -0.05) is 17.4 Å². The number of hydrogen-bond donors (Lipinski definition) is 2. The number of nitrogens with zero attached hydrogens (tertiary/aromatic N) is 2. The molecule has 19 heavy (non-hydrogen) atoms. The maximum atomic E-state index is 10.3. The van der Waals surface area contributed by atoms with Gasteiger partial charge in [-0.3, -0.25) is 4.90 Å². The van der Waals surface area contributed by atoms with Crippen LogP contribution in [0.4, 0.5) is 5.13 Å². The summed E-state index contributed by atoms with van der Waals surface area (Å²) in [6, 6.07) is 5.82. The van der Waals surface area contributed by atoms with E-state index in [1.807, 2.05) is 18.2 Å². The molecule has 0 bridgehead atoms. The number of fused-ring (bicyclic) bond motifs is 1. The number of β-amino-alcohol motifs (C(OH)–C–C–N with tert-alkyl or cyclic N) is 1. The molecule has 3 N–H and O–H groups in total. The largest absolute Gasteiger partial charge is 0.387 e. The molecule has 2 heterocycles. The van der Waals surface area contributed by atoms with Crippen LogP contribution in [0.2, 0.25) is 0 Å². The third-order valence-corrected chi connectivity index (χ3v) is 4.20. The van der Waals surface area contributed by atoms with Gasteiger partial charge in [0.1, 0.15) is 0 Å². The molecule has 1 aromatic heterocycles. The molecule has 0 spiro atoms. The fourth-order valence-electron chi connectivity index (χ4n) is 2.30. The van der Waals surface area contributed by atoms with Crippen molar-refractivity contribution in [3.63, 3.8) is 0 Å². The first-order chi connectivity index (χ1) is 9.22. The summed E-state index contributed by atoms with van der Waals surface area (Å²) in [5.41, 5.74) is 7.50. The number of benzene rings is 1. The molecular formula is C13H17N3O2S. The van der Waals surface area contributed by atoms with Crippen LogP contribution in [0.5, 0.6) is 0 Å². The highest BCUT2D eigenvalue weighted by Crippen LogP contribution is 2.27. The number of hydrogen-bond acceptors (Lipinski definition) is 6. The van der Waals surface area contributed by atoms with Gasteiger partial charge in [-0.2, -0.15) is 0 Å². The summed E-state index contributed by atoms with van der Waals surface area (Å²) in [4.78, 5) is 6.44. The Hall–Kier alpha value is -1.21. The van der Waals surface area contributed by atoms with Gasteiger partial charge >= 0.3 is 0 Å². The molecule has 1 aliphatic heterocycles. The molecular weight excluding hydrogens is 262 g/mol. The van der Waals surface area contributed by atoms with Gasteiger partial charge in [-0.25, -0.2) is 4.98 Å². The lowest BCUT2D eigenvalue weighted by Crippen LogP contribution is -2.38. The molecule has 3 rings (SSSR count). The van der Waals surface area contributed by atoms with Crippen molar-refractivity contribution in [2.75, 3.05) is 38.6 Å². The van der Waals surface area contributed by atoms with E-state index >= 15 is 0 Å². The van der Waals surface area contributed by atoms with Crippen LogP contribution in [0.3, 0.4) is 0 Å². The lowest BCUT2D eigenvalue weighted by molar-refractivity contribution is 0.0143. The Labute approximate surface area is 115 Å². The van der Waals surface area contributed by atoms with Crippen LogP contribution >= 0.6 is 11.3 Å². The fourth-order valence-corrected chi connectivity index (χ4v) is 3.08. The van der Waals surface area contributed by atoms with Crippen molar-refractivity contribution < 1.29 is 9.84 Å². The van der Waals surface area contributed by atoms with Gasteiger partial charge < -0.3 is 15.6 Å². The zero-order valence-electron chi connectivity index (χ0n) is 10.6. The Balaban J connectivity index is 1.74. The van der Waals surface area contributed by atoms with Crippen LogP contribution < -0.4 is 5.73 Å². The summed E-state index contributed by atoms with van der Waals surface area (Å²) in [7, 11) is 0. The Morgan fingerprint density at radius 1 is 1.42 bits per heavy atom. The minimum absolute atomic E-state index is 0.481. The van der Waals surface area contributed by atoms with E-state index in [0.29, 0.717) is 11.7 Å². The Bertz CT molecular complexity index is 566. The predicted octanol–water partition coefficient (Wildman–Crippen LogP) is 1.24. The molecule has 0 saturated carbocycles. The summed E-state index contributed by atoms with van der Waals surface area (Å²) in [6.45, 7) is 3.90. The molecule has 2 aromatic rings. The molecule has 1 fully saturated rings. The van der Waals surface area contributed by atoms with Gasteiger partial charge in [0.25, 0.3) is 0 Å². The van der Waals surface area contributed by atoms with E-state index in [0.717, 1.165) is 42.1 Å². The maximum absolute atomic E-state index is 10.3. The summed E-state index contributed by atoms with van der Waals surface area (Å²) in [5.74, 6) is 0. The topological polar surface area (TPSA) is 71.6 Å². The molecule has 1 unspecified atom stereocenters. The summed E-state index contributed by atoms with van der Waals surface area (Å²) < 4.78 is 6.33. The molecule has 1 atom stereocenters. The summed E-state index contributed by atoms with van der Waals surface area (Å²) >= 11 is 1.45. The van der Waals surface area contributed by atoms with Crippen molar-refractivity contribution >= 4 is 26.7 Å². The van der Waals surface area contributed by atoms with Crippen molar-refractivity contribution in [3.05, 3.63) is 23.8 Å². The van der Waals surface area contributed by atoms with E-state index in [1.54, 1.807) is 0 Å². The second kappa shape index (κ2) is 5.42. The SMILES string of the molecule is Nc1nc2ccc(C(O)CN3CCOCC3)cc2s1. The number of morpholine rings is 1. The van der Waals surface area contributed by atoms with Gasteiger partial charge in [-0.15, -0.1) is 0 Å². The quantitative estimate of drug-likeness (QED) is 0.884. The number of aromatic nitrogens is 1. The van der Waals surface area contributed by atoms with Gasteiger partial charge in [0.15, 0.2) is 5.13 Å². The molecule has 6 heteroatoms. The molecule has 0 radical (unpaired) electrons. The number of aliphatic hydroxyl groups is 1. The Morgan fingerprint density at radius 2 is 2.21 bits per heavy atom. The monoisotopic (exact) mass is 279 g/mol. The summed E-state index contributed by atoms with van der Waals surface area (Å²) in [5, 5.41) is 10.9. The van der Waals surface area contributed by atoms with Crippen LogP contribution in [0.15, 0.2) is 18.2 Å². The van der Waals surface area contributed by atoms with E-state index < -0.39 is 6.10 Å². The lowest BCUT2D eigenvalue weighted by Gasteiger charge is -2.28. The van der Waals surface area contributed by atoms with Crippen molar-refractivity contribution in [2.24, 2.45) is 0 Å². The third-order valence-electron chi connectivity index (χ3n) is 3.35. The zero-order chi connectivity index (χ0) is 13.2. The van der Waals surface area contributed by atoms with E-state index in [9.17, 15) is 5.11 Å². The Morgan fingerprint density at radius 3 is 3.00 bits per heavy atom. The molecule has 1 aliphatic rings. The normalized spacial score (nSPS) is 18.8. The number of anilines is 1. The van der Waals surface area contributed by atoms with Crippen molar-refractivity contribution in [2.45, 2.75) is 6.10 Å². The molecule has 1 aromatic carbocycles. The molecule has 102 valence electrons. The minimum atomic E-state index is -0.481. The average Bonchev–Trinajstić information content (AvgIpc) is 2.78. The second-order valence-electron chi connectivity index (χ2n) is 4.71. The van der Waals surface area contributed by atoms with Crippen LogP contribution in [-0.4, -0.2) is 47.8 Å². The highest BCUT2D eigenvalue weighted by atomic mass is 32.1. The number of rotatable bonds is 3. The smallest absolute Gasteiger partial charge is 0.181 e. The predicted molar refractivity (Wildman–Crippen MR) is 76.3 cm³/mol. The van der Waals surface area contributed by atoms with E-state index in [1.165, 1.54) is 11.3 Å². The first-order valence-corrected chi connectivity index (χ1v) is 7.18. The van der Waals surface area contributed by atoms with E-state index in [4.69, 9.17) is 10.5 Å². The standard InChI is InChI=1S/C13H17N3O2S/c14-13-15-10-2-1-9(7-12(10)19-13)11(17)8-16-3-5-18-6-4-16/h1-2,7,11,17H,3-6,8H2,(H2,14,15). The lowest BCUT2D eigenvalue weighted by atomic mass is 10.1. The number of ether oxygens (including phenoxy) is 1. The molecule has 1 saturated heterocycles. The molecule has 0 aliphatic carbocycles. The number of nitrogens with two attached hydrogens (primary N) is 1. The first-order valence-electron chi connectivity index (χ1n) is 6.36. The van der Waals surface area contributed by atoms with Crippen molar-refractivity contribution in [1.29, 1.82) is 0 Å². The minimum Gasteiger partial charge on any atom is -0.387 e. The highest BCUT2D eigenvalue weighted by Gasteiger charge is 2.16. The maximum Gasteiger partial charge on any atom is 0.181 e. The number of thiazole rings is 1. The highest BCUT2D eigenvalue weighted by molar-refractivity contribution is 7.22. The van der Waals surface area contributed by atoms with Gasteiger partial charge in [0, 0.05) is 19.6 Å². The number of nitrogen functional groups attached to an aromatic ring is 1. The van der Waals surface area contributed by atoms with Crippen molar-refractivity contribution in [3.8, 4) is 0 Å². The second-order valence-corrected chi connectivity index (χ2v) is 5.77. The molecule has 5 nitrogen and oxygen atoms in total. The first kappa shape index (κ1) is 12.8. The number of aliphatic hydroxyl groups excluding tert-OH is 1. The van der Waals surface area contributed by atoms with Crippen LogP contribution in [-0.2, 0) is 4.74 Å². The van der Waals surface area contributed by atoms with Crippen LogP contribution in [0, 0.1) is 0 Å². The zero-order valence-corrected chi connectivity index (χ0v) is 11.4. The third kappa shape index (κ3) is 2.87. The van der Waals surface area contributed by atoms with Crippen LogP contribution in [0.1, 0.15) is 11.7 Å². The van der Waals surface area contributed by atoms with Crippen molar-refractivity contribution in [1.82, 2.24) is 9.88 Å². The van der Waals surface area contributed by atoms with Crippen LogP contribution in [0.25, 0.3) is 10.2 Å². The fraction of sp³-hybridized carbons (Fsp3) is 0.462. The van der Waals surface area contributed by atoms with Gasteiger partial charge in [0.05, 0.1) is 29.5 Å². The summed E-state index contributed by atoms with van der Waals surface area (Å²) in [6.07, 6.45) is -0.481. The molecule has 0 amide bonds. The van der Waals surface area contributed by atoms with E-state index in [-0.39, 0.29) is 0 Å².